The minimum Gasteiger partial charge on any atom is -0.487 e. The Morgan fingerprint density at radius 1 is 1.09 bits per heavy atom. The Hall–Kier alpha value is -2.81. The van der Waals surface area contributed by atoms with E-state index in [1.165, 1.54) is 5.56 Å². The van der Waals surface area contributed by atoms with Gasteiger partial charge in [0.1, 0.15) is 12.7 Å². The van der Waals surface area contributed by atoms with Crippen molar-refractivity contribution in [2.75, 3.05) is 26.3 Å². The molecular weight excluding hydrogens is 438 g/mol. The van der Waals surface area contributed by atoms with Crippen molar-refractivity contribution < 1.29 is 34.0 Å². The van der Waals surface area contributed by atoms with Crippen LogP contribution in [0.1, 0.15) is 19.4 Å². The fourth-order valence-electron chi connectivity index (χ4n) is 2.98. The summed E-state index contributed by atoms with van der Waals surface area (Å²) in [6.45, 7) is 7.90. The van der Waals surface area contributed by atoms with Gasteiger partial charge in [-0.2, -0.15) is 0 Å². The quantitative estimate of drug-likeness (QED) is 0.598. The van der Waals surface area contributed by atoms with Crippen molar-refractivity contribution in [2.24, 2.45) is 0 Å². The summed E-state index contributed by atoms with van der Waals surface area (Å²) in [6.07, 6.45) is 0.156. The highest BCUT2D eigenvalue weighted by atomic mass is 35.5. The third-order valence-electron chi connectivity index (χ3n) is 4.36. The van der Waals surface area contributed by atoms with Crippen molar-refractivity contribution >= 4 is 23.5 Å². The summed E-state index contributed by atoms with van der Waals surface area (Å²) in [5.41, 5.74) is 1.26. The molecule has 1 atom stereocenters. The van der Waals surface area contributed by atoms with E-state index < -0.39 is 11.9 Å². The predicted molar refractivity (Wildman–Crippen MR) is 119 cm³/mol. The summed E-state index contributed by atoms with van der Waals surface area (Å²) in [5.74, 6) is -2.11. The molecule has 1 unspecified atom stereocenters. The number of rotatable bonds is 7. The average molecular weight is 466 g/mol. The number of nitrogens with zero attached hydrogens (tertiary/aromatic N) is 1. The molecule has 1 aliphatic rings. The number of aliphatic carboxylic acids is 2. The van der Waals surface area contributed by atoms with Crippen LogP contribution in [0.3, 0.4) is 0 Å². The molecule has 2 aromatic rings. The van der Waals surface area contributed by atoms with Crippen LogP contribution in [0, 0.1) is 0 Å². The Kier molecular flexibility index (Phi) is 10.3. The summed E-state index contributed by atoms with van der Waals surface area (Å²) in [4.78, 5) is 20.6. The summed E-state index contributed by atoms with van der Waals surface area (Å²) in [6, 6.07) is 15.8. The Labute approximate surface area is 192 Å². The van der Waals surface area contributed by atoms with Gasteiger partial charge in [-0.1, -0.05) is 35.9 Å². The fourth-order valence-corrected chi connectivity index (χ4v) is 3.10. The van der Waals surface area contributed by atoms with Crippen LogP contribution in [0.2, 0.25) is 5.02 Å². The van der Waals surface area contributed by atoms with Gasteiger partial charge in [0.2, 0.25) is 0 Å². The van der Waals surface area contributed by atoms with Gasteiger partial charge in [-0.15, -0.1) is 0 Å². The van der Waals surface area contributed by atoms with Crippen LogP contribution in [0.4, 0.5) is 0 Å². The fraction of sp³-hybridized carbons (Fsp3) is 0.391. The molecule has 9 heteroatoms. The van der Waals surface area contributed by atoms with Crippen LogP contribution in [0.5, 0.6) is 11.5 Å². The predicted octanol–water partition coefficient (Wildman–Crippen LogP) is 3.56. The highest BCUT2D eigenvalue weighted by Gasteiger charge is 2.21. The highest BCUT2D eigenvalue weighted by molar-refractivity contribution is 6.30. The summed E-state index contributed by atoms with van der Waals surface area (Å²) < 4.78 is 17.7. The molecule has 174 valence electrons. The van der Waals surface area contributed by atoms with E-state index in [9.17, 15) is 0 Å². The first-order valence-electron chi connectivity index (χ1n) is 10.2. The largest absolute Gasteiger partial charge is 0.487 e. The van der Waals surface area contributed by atoms with Crippen LogP contribution in [0.25, 0.3) is 0 Å². The number of morpholine rings is 1. The lowest BCUT2D eigenvalue weighted by Crippen LogP contribution is -2.44. The molecule has 2 N–H and O–H groups in total. The highest BCUT2D eigenvalue weighted by Crippen LogP contribution is 2.28. The second-order valence-corrected chi connectivity index (χ2v) is 7.83. The van der Waals surface area contributed by atoms with Gasteiger partial charge in [0.05, 0.1) is 12.7 Å². The second kappa shape index (κ2) is 12.9. The molecule has 0 radical (unpaired) electrons. The lowest BCUT2D eigenvalue weighted by Gasteiger charge is -2.33. The summed E-state index contributed by atoms with van der Waals surface area (Å²) >= 11 is 5.96. The first-order chi connectivity index (χ1) is 15.2. The SMILES string of the molecule is CC(C)Oc1ccccc1OCC1CN(Cc2ccc(Cl)cc2)CCO1.O=C(O)C(=O)O. The monoisotopic (exact) mass is 465 g/mol. The minimum atomic E-state index is -1.82. The Bertz CT molecular complexity index is 861. The van der Waals surface area contributed by atoms with E-state index in [4.69, 9.17) is 45.6 Å². The van der Waals surface area contributed by atoms with E-state index in [0.29, 0.717) is 13.2 Å². The topological polar surface area (TPSA) is 106 Å². The molecule has 0 saturated carbocycles. The molecule has 0 aliphatic carbocycles. The van der Waals surface area contributed by atoms with E-state index in [2.05, 4.69) is 17.0 Å². The minimum absolute atomic E-state index is 0.0446. The second-order valence-electron chi connectivity index (χ2n) is 7.39. The molecule has 1 saturated heterocycles. The Morgan fingerprint density at radius 2 is 1.72 bits per heavy atom. The molecule has 0 aromatic heterocycles. The molecule has 0 spiro atoms. The van der Waals surface area contributed by atoms with Gasteiger partial charge < -0.3 is 24.4 Å². The maximum Gasteiger partial charge on any atom is 0.414 e. The first-order valence-corrected chi connectivity index (χ1v) is 10.6. The van der Waals surface area contributed by atoms with Gasteiger partial charge in [-0.25, -0.2) is 9.59 Å². The first kappa shape index (κ1) is 25.5. The maximum absolute atomic E-state index is 9.10. The Balaban J connectivity index is 0.000000534. The lowest BCUT2D eigenvalue weighted by atomic mass is 10.2. The van der Waals surface area contributed by atoms with Crippen LogP contribution in [0.15, 0.2) is 48.5 Å². The summed E-state index contributed by atoms with van der Waals surface area (Å²) in [5, 5.41) is 15.6. The van der Waals surface area contributed by atoms with E-state index in [0.717, 1.165) is 36.2 Å². The van der Waals surface area contributed by atoms with Crippen molar-refractivity contribution in [2.45, 2.75) is 32.6 Å². The lowest BCUT2D eigenvalue weighted by molar-refractivity contribution is -0.159. The van der Waals surface area contributed by atoms with Crippen LogP contribution in [-0.2, 0) is 20.9 Å². The molecule has 3 rings (SSSR count). The third-order valence-corrected chi connectivity index (χ3v) is 4.61. The van der Waals surface area contributed by atoms with Gasteiger partial charge in [-0.05, 0) is 43.7 Å². The molecule has 1 heterocycles. The van der Waals surface area contributed by atoms with E-state index in [-0.39, 0.29) is 12.2 Å². The zero-order valence-corrected chi connectivity index (χ0v) is 18.8. The molecule has 2 aromatic carbocycles. The van der Waals surface area contributed by atoms with Crippen LogP contribution < -0.4 is 9.47 Å². The number of carboxylic acids is 2. The van der Waals surface area contributed by atoms with E-state index >= 15 is 0 Å². The third kappa shape index (κ3) is 9.13. The number of carboxylic acid groups (broad SMARTS) is 2. The standard InChI is InChI=1S/C21H26ClNO3.C2H2O4/c1-16(2)26-21-6-4-3-5-20(21)25-15-19-14-23(11-12-24-19)13-17-7-9-18(22)10-8-17;3-1(4)2(5)6/h3-10,16,19H,11-15H2,1-2H3;(H,3,4)(H,5,6). The van der Waals surface area contributed by atoms with Gasteiger partial charge >= 0.3 is 11.9 Å². The smallest absolute Gasteiger partial charge is 0.414 e. The number of benzene rings is 2. The number of halogens is 1. The van der Waals surface area contributed by atoms with Gasteiger partial charge in [0, 0.05) is 24.7 Å². The van der Waals surface area contributed by atoms with Crippen molar-refractivity contribution in [3.8, 4) is 11.5 Å². The zero-order valence-electron chi connectivity index (χ0n) is 18.1. The maximum atomic E-state index is 9.10. The van der Waals surface area contributed by atoms with Crippen molar-refractivity contribution in [1.82, 2.24) is 4.90 Å². The summed E-state index contributed by atoms with van der Waals surface area (Å²) in [7, 11) is 0. The van der Waals surface area contributed by atoms with Gasteiger partial charge in [0.15, 0.2) is 11.5 Å². The number of hydrogen-bond acceptors (Lipinski definition) is 6. The molecule has 0 amide bonds. The van der Waals surface area contributed by atoms with Crippen molar-refractivity contribution in [1.29, 1.82) is 0 Å². The average Bonchev–Trinajstić information content (AvgIpc) is 2.75. The number of hydrogen-bond donors (Lipinski definition) is 2. The molecule has 1 aliphatic heterocycles. The molecule has 1 fully saturated rings. The number of ether oxygens (including phenoxy) is 3. The van der Waals surface area contributed by atoms with Crippen LogP contribution in [-0.4, -0.2) is 65.6 Å². The number of para-hydroxylation sites is 2. The zero-order chi connectivity index (χ0) is 23.5. The van der Waals surface area contributed by atoms with Gasteiger partial charge in [0.25, 0.3) is 0 Å². The Morgan fingerprint density at radius 3 is 2.31 bits per heavy atom. The number of carbonyl (C=O) groups is 2. The molecule has 8 nitrogen and oxygen atoms in total. The van der Waals surface area contributed by atoms with Crippen molar-refractivity contribution in [3.63, 3.8) is 0 Å². The molecule has 0 bridgehead atoms. The van der Waals surface area contributed by atoms with Gasteiger partial charge in [-0.3, -0.25) is 4.90 Å². The van der Waals surface area contributed by atoms with Crippen LogP contribution >= 0.6 is 11.6 Å². The normalized spacial score (nSPS) is 16.1. The molecular formula is C23H28ClNO7. The van der Waals surface area contributed by atoms with E-state index in [1.807, 2.05) is 50.2 Å². The van der Waals surface area contributed by atoms with Crippen molar-refractivity contribution in [3.05, 3.63) is 59.1 Å². The van der Waals surface area contributed by atoms with E-state index in [1.54, 1.807) is 0 Å². The molecule has 32 heavy (non-hydrogen) atoms.